The highest BCUT2D eigenvalue weighted by Gasteiger charge is 2.35. The molecule has 1 aliphatic heterocycles. The number of carbonyl (C=O) groups is 1. The molecule has 0 radical (unpaired) electrons. The van der Waals surface area contributed by atoms with Gasteiger partial charge in [-0.25, -0.2) is 0 Å². The smallest absolute Gasteiger partial charge is 0.238 e. The van der Waals surface area contributed by atoms with Gasteiger partial charge in [0.05, 0.1) is 5.75 Å². The minimum Gasteiger partial charge on any atom is -0.295 e. The van der Waals surface area contributed by atoms with Crippen molar-refractivity contribution >= 4 is 23.4 Å². The molecule has 2 aromatic carbocycles. The van der Waals surface area contributed by atoms with Crippen molar-refractivity contribution in [2.24, 2.45) is 0 Å². The summed E-state index contributed by atoms with van der Waals surface area (Å²) in [4.78, 5) is 14.3. The van der Waals surface area contributed by atoms with Crippen molar-refractivity contribution in [3.63, 3.8) is 0 Å². The second kappa shape index (κ2) is 5.57. The van der Waals surface area contributed by atoms with Gasteiger partial charge in [0.15, 0.2) is 0 Å². The maximum absolute atomic E-state index is 12.4. The van der Waals surface area contributed by atoms with Gasteiger partial charge in [-0.3, -0.25) is 9.69 Å². The summed E-state index contributed by atoms with van der Waals surface area (Å²) >= 11 is 1.72. The van der Waals surface area contributed by atoms with Crippen LogP contribution in [0.25, 0.3) is 0 Å². The van der Waals surface area contributed by atoms with Gasteiger partial charge in [0.1, 0.15) is 5.37 Å². The Hall–Kier alpha value is -1.74. The van der Waals surface area contributed by atoms with Crippen molar-refractivity contribution in [3.8, 4) is 0 Å². The van der Waals surface area contributed by atoms with Crippen molar-refractivity contribution in [3.05, 3.63) is 64.7 Å². The topological polar surface area (TPSA) is 20.3 Å². The third kappa shape index (κ3) is 2.58. The van der Waals surface area contributed by atoms with Crippen molar-refractivity contribution in [1.82, 2.24) is 0 Å². The zero-order valence-electron chi connectivity index (χ0n) is 12.6. The summed E-state index contributed by atoms with van der Waals surface area (Å²) in [6.45, 7) is 6.31. The molecule has 0 aromatic heterocycles. The first-order valence-electron chi connectivity index (χ1n) is 7.14. The number of hydrogen-bond donors (Lipinski definition) is 0. The molecule has 0 aliphatic carbocycles. The zero-order chi connectivity index (χ0) is 15.0. The van der Waals surface area contributed by atoms with Crippen molar-refractivity contribution in [1.29, 1.82) is 0 Å². The molecule has 1 heterocycles. The molecule has 0 saturated carbocycles. The second-order valence-corrected chi connectivity index (χ2v) is 6.64. The molecule has 1 unspecified atom stereocenters. The lowest BCUT2D eigenvalue weighted by molar-refractivity contribution is -0.115. The lowest BCUT2D eigenvalue weighted by Crippen LogP contribution is -2.28. The SMILES string of the molecule is Cc1cccc(N2C(=O)CSC2c2c(C)cccc2C)c1. The average molecular weight is 297 g/mol. The largest absolute Gasteiger partial charge is 0.295 e. The van der Waals surface area contributed by atoms with E-state index >= 15 is 0 Å². The van der Waals surface area contributed by atoms with Gasteiger partial charge < -0.3 is 0 Å². The Morgan fingerprint density at radius 1 is 1.05 bits per heavy atom. The number of rotatable bonds is 2. The van der Waals surface area contributed by atoms with Crippen LogP contribution < -0.4 is 4.90 Å². The Balaban J connectivity index is 2.08. The lowest BCUT2D eigenvalue weighted by Gasteiger charge is -2.27. The van der Waals surface area contributed by atoms with Crippen molar-refractivity contribution < 1.29 is 4.79 Å². The molecular formula is C18H19NOS. The monoisotopic (exact) mass is 297 g/mol. The molecular weight excluding hydrogens is 278 g/mol. The van der Waals surface area contributed by atoms with E-state index in [0.717, 1.165) is 5.69 Å². The number of benzene rings is 2. The Bertz CT molecular complexity index is 675. The van der Waals surface area contributed by atoms with E-state index in [1.54, 1.807) is 11.8 Å². The van der Waals surface area contributed by atoms with Gasteiger partial charge in [0.2, 0.25) is 5.91 Å². The molecule has 2 aromatic rings. The molecule has 0 spiro atoms. The zero-order valence-corrected chi connectivity index (χ0v) is 13.4. The lowest BCUT2D eigenvalue weighted by atomic mass is 10.0. The van der Waals surface area contributed by atoms with Crippen LogP contribution in [0.2, 0.25) is 0 Å². The van der Waals surface area contributed by atoms with Gasteiger partial charge in [0, 0.05) is 5.69 Å². The third-order valence-corrected chi connectivity index (χ3v) is 5.11. The van der Waals surface area contributed by atoms with Crippen LogP contribution in [0, 0.1) is 20.8 Å². The standard InChI is InChI=1S/C18H19NOS/c1-12-6-4-9-15(10-12)19-16(20)11-21-18(19)17-13(2)7-5-8-14(17)3/h4-10,18H,11H2,1-3H3. The minimum absolute atomic E-state index is 0.0838. The molecule has 3 heteroatoms. The van der Waals surface area contributed by atoms with Gasteiger partial charge in [-0.05, 0) is 55.2 Å². The molecule has 1 fully saturated rings. The molecule has 1 amide bonds. The summed E-state index contributed by atoms with van der Waals surface area (Å²) in [6.07, 6.45) is 0. The molecule has 108 valence electrons. The van der Waals surface area contributed by atoms with Gasteiger partial charge >= 0.3 is 0 Å². The number of thioether (sulfide) groups is 1. The summed E-state index contributed by atoms with van der Waals surface area (Å²) in [7, 11) is 0. The average Bonchev–Trinajstić information content (AvgIpc) is 2.80. The molecule has 3 rings (SSSR count). The Kier molecular flexibility index (Phi) is 3.77. The molecule has 2 nitrogen and oxygen atoms in total. The van der Waals surface area contributed by atoms with E-state index < -0.39 is 0 Å². The van der Waals surface area contributed by atoms with Crippen LogP contribution in [0.3, 0.4) is 0 Å². The Labute approximate surface area is 130 Å². The van der Waals surface area contributed by atoms with Crippen LogP contribution in [0.5, 0.6) is 0 Å². The predicted octanol–water partition coefficient (Wildman–Crippen LogP) is 4.39. The maximum Gasteiger partial charge on any atom is 0.238 e. The Morgan fingerprint density at radius 2 is 1.71 bits per heavy atom. The van der Waals surface area contributed by atoms with E-state index in [4.69, 9.17) is 0 Å². The van der Waals surface area contributed by atoms with E-state index in [9.17, 15) is 4.79 Å². The van der Waals surface area contributed by atoms with Crippen LogP contribution in [0.15, 0.2) is 42.5 Å². The van der Waals surface area contributed by atoms with Gasteiger partial charge in [-0.2, -0.15) is 0 Å². The summed E-state index contributed by atoms with van der Waals surface area (Å²) in [5.41, 5.74) is 5.95. The van der Waals surface area contributed by atoms with Crippen molar-refractivity contribution in [2.45, 2.75) is 26.1 Å². The second-order valence-electron chi connectivity index (χ2n) is 5.57. The molecule has 0 bridgehead atoms. The maximum atomic E-state index is 12.4. The van der Waals surface area contributed by atoms with Crippen molar-refractivity contribution in [2.75, 3.05) is 10.7 Å². The van der Waals surface area contributed by atoms with Crippen LogP contribution in [-0.2, 0) is 4.79 Å². The van der Waals surface area contributed by atoms with Crippen LogP contribution in [0.4, 0.5) is 5.69 Å². The first-order valence-corrected chi connectivity index (χ1v) is 8.19. The minimum atomic E-state index is 0.0838. The van der Waals surface area contributed by atoms with Crippen LogP contribution >= 0.6 is 11.8 Å². The van der Waals surface area contributed by atoms with E-state index in [1.165, 1.54) is 22.3 Å². The summed E-state index contributed by atoms with van der Waals surface area (Å²) in [6, 6.07) is 14.5. The first-order chi connectivity index (χ1) is 10.1. The number of hydrogen-bond acceptors (Lipinski definition) is 2. The quantitative estimate of drug-likeness (QED) is 0.819. The summed E-state index contributed by atoms with van der Waals surface area (Å²) in [5.74, 6) is 0.741. The fraction of sp³-hybridized carbons (Fsp3) is 0.278. The van der Waals surface area contributed by atoms with Gasteiger partial charge in [0.25, 0.3) is 0 Å². The molecule has 1 aliphatic rings. The molecule has 0 N–H and O–H groups in total. The number of amides is 1. The van der Waals surface area contributed by atoms with E-state index in [2.05, 4.69) is 51.1 Å². The fourth-order valence-corrected chi connectivity index (χ4v) is 4.28. The van der Waals surface area contributed by atoms with Crippen LogP contribution in [0.1, 0.15) is 27.6 Å². The van der Waals surface area contributed by atoms with E-state index in [-0.39, 0.29) is 11.3 Å². The number of nitrogens with zero attached hydrogens (tertiary/aromatic N) is 1. The highest BCUT2D eigenvalue weighted by Crippen LogP contribution is 2.43. The molecule has 1 atom stereocenters. The Morgan fingerprint density at radius 3 is 2.38 bits per heavy atom. The summed E-state index contributed by atoms with van der Waals surface area (Å²) < 4.78 is 0. The normalized spacial score (nSPS) is 18.3. The molecule has 1 saturated heterocycles. The van der Waals surface area contributed by atoms with E-state index in [1.807, 2.05) is 17.0 Å². The third-order valence-electron chi connectivity index (χ3n) is 3.94. The number of anilines is 1. The highest BCUT2D eigenvalue weighted by atomic mass is 32.2. The number of carbonyl (C=O) groups excluding carboxylic acids is 1. The van der Waals surface area contributed by atoms with Gasteiger partial charge in [-0.1, -0.05) is 30.3 Å². The molecule has 21 heavy (non-hydrogen) atoms. The summed E-state index contributed by atoms with van der Waals surface area (Å²) in [5, 5.41) is 0.0838. The number of aryl methyl sites for hydroxylation is 3. The fourth-order valence-electron chi connectivity index (χ4n) is 2.91. The van der Waals surface area contributed by atoms with Gasteiger partial charge in [-0.15, -0.1) is 11.8 Å². The van der Waals surface area contributed by atoms with E-state index in [0.29, 0.717) is 5.75 Å². The first kappa shape index (κ1) is 14.2. The highest BCUT2D eigenvalue weighted by molar-refractivity contribution is 8.00. The van der Waals surface area contributed by atoms with Crippen LogP contribution in [-0.4, -0.2) is 11.7 Å². The predicted molar refractivity (Wildman–Crippen MR) is 89.8 cm³/mol.